The van der Waals surface area contributed by atoms with Gasteiger partial charge < -0.3 is 20.9 Å². The molecular weight excluding hydrogens is 268 g/mol. The van der Waals surface area contributed by atoms with Gasteiger partial charge in [0.25, 0.3) is 5.91 Å². The largest absolute Gasteiger partial charge is 0.397 e. The minimum Gasteiger partial charge on any atom is -0.397 e. The molecule has 21 heavy (non-hydrogen) atoms. The van der Waals surface area contributed by atoms with E-state index < -0.39 is 0 Å². The van der Waals surface area contributed by atoms with E-state index in [0.717, 1.165) is 12.2 Å². The highest BCUT2D eigenvalue weighted by atomic mass is 16.2. The molecular formula is C15H22N4O2. The van der Waals surface area contributed by atoms with Gasteiger partial charge in [-0.1, -0.05) is 6.92 Å². The lowest BCUT2D eigenvalue weighted by molar-refractivity contribution is -0.123. The van der Waals surface area contributed by atoms with Crippen LogP contribution in [0.5, 0.6) is 0 Å². The molecule has 1 aromatic carbocycles. The smallest absolute Gasteiger partial charge is 0.253 e. The molecule has 0 aliphatic carbocycles. The van der Waals surface area contributed by atoms with Gasteiger partial charge in [0.2, 0.25) is 5.91 Å². The molecule has 0 spiro atoms. The van der Waals surface area contributed by atoms with Gasteiger partial charge in [-0.15, -0.1) is 0 Å². The first-order valence-corrected chi connectivity index (χ1v) is 7.11. The van der Waals surface area contributed by atoms with Crippen LogP contribution in [0.3, 0.4) is 0 Å². The van der Waals surface area contributed by atoms with Crippen LogP contribution in [0.15, 0.2) is 18.2 Å². The highest BCUT2D eigenvalue weighted by Crippen LogP contribution is 2.28. The average molecular weight is 290 g/mol. The van der Waals surface area contributed by atoms with E-state index in [2.05, 4.69) is 5.32 Å². The van der Waals surface area contributed by atoms with Gasteiger partial charge in [0.1, 0.15) is 6.04 Å². The molecule has 1 aliphatic rings. The number of amides is 2. The summed E-state index contributed by atoms with van der Waals surface area (Å²) in [6.45, 7) is 3.30. The summed E-state index contributed by atoms with van der Waals surface area (Å²) in [5.74, 6) is -0.0618. The number of nitrogen functional groups attached to an aromatic ring is 1. The second-order valence-corrected chi connectivity index (χ2v) is 5.38. The number of benzene rings is 1. The van der Waals surface area contributed by atoms with Gasteiger partial charge in [-0.25, -0.2) is 0 Å². The molecule has 1 unspecified atom stereocenters. The fourth-order valence-corrected chi connectivity index (χ4v) is 2.62. The van der Waals surface area contributed by atoms with Crippen molar-refractivity contribution < 1.29 is 9.59 Å². The Labute approximate surface area is 124 Å². The fourth-order valence-electron chi connectivity index (χ4n) is 2.62. The zero-order chi connectivity index (χ0) is 15.6. The van der Waals surface area contributed by atoms with E-state index in [4.69, 9.17) is 5.73 Å². The third kappa shape index (κ3) is 2.94. The lowest BCUT2D eigenvalue weighted by atomic mass is 10.1. The third-order valence-electron chi connectivity index (χ3n) is 3.71. The Balaban J connectivity index is 2.32. The van der Waals surface area contributed by atoms with Crippen LogP contribution in [0, 0.1) is 0 Å². The number of nitrogens with one attached hydrogen (secondary N) is 1. The van der Waals surface area contributed by atoms with E-state index >= 15 is 0 Å². The maximum atomic E-state index is 11.9. The second kappa shape index (κ2) is 6.03. The molecule has 0 saturated carbocycles. The van der Waals surface area contributed by atoms with Crippen LogP contribution >= 0.6 is 0 Å². The number of hydrogen-bond donors (Lipinski definition) is 2. The Hall–Kier alpha value is -2.24. The first-order chi connectivity index (χ1) is 9.95. The second-order valence-electron chi connectivity index (χ2n) is 5.38. The van der Waals surface area contributed by atoms with Crippen molar-refractivity contribution in [3.05, 3.63) is 23.8 Å². The van der Waals surface area contributed by atoms with E-state index in [9.17, 15) is 9.59 Å². The van der Waals surface area contributed by atoms with Crippen molar-refractivity contribution in [2.45, 2.75) is 19.4 Å². The normalized spacial score (nSPS) is 18.3. The number of hydrogen-bond acceptors (Lipinski definition) is 4. The standard InChI is InChI=1S/C15H22N4O2/c1-4-12-14(20)17-7-8-19(12)13-6-5-10(9-11(13)16)15(21)18(2)3/h5-6,9,12H,4,7-8,16H2,1-3H3,(H,17,20). The van der Waals surface area contributed by atoms with Crippen LogP contribution in [-0.4, -0.2) is 49.9 Å². The summed E-state index contributed by atoms with van der Waals surface area (Å²) >= 11 is 0. The number of anilines is 2. The molecule has 2 amide bonds. The molecule has 1 heterocycles. The van der Waals surface area contributed by atoms with Crippen molar-refractivity contribution in [2.24, 2.45) is 0 Å². The van der Waals surface area contributed by atoms with Crippen molar-refractivity contribution in [1.29, 1.82) is 0 Å². The van der Waals surface area contributed by atoms with Gasteiger partial charge in [0.15, 0.2) is 0 Å². The quantitative estimate of drug-likeness (QED) is 0.803. The topological polar surface area (TPSA) is 78.7 Å². The average Bonchev–Trinajstić information content (AvgIpc) is 2.46. The highest BCUT2D eigenvalue weighted by Gasteiger charge is 2.29. The molecule has 3 N–H and O–H groups in total. The summed E-state index contributed by atoms with van der Waals surface area (Å²) in [5.41, 5.74) is 8.00. The lowest BCUT2D eigenvalue weighted by Crippen LogP contribution is -2.55. The monoisotopic (exact) mass is 290 g/mol. The summed E-state index contributed by atoms with van der Waals surface area (Å²) in [4.78, 5) is 27.4. The number of rotatable bonds is 3. The Bertz CT molecular complexity index is 557. The summed E-state index contributed by atoms with van der Waals surface area (Å²) in [7, 11) is 3.41. The molecule has 0 bridgehead atoms. The van der Waals surface area contributed by atoms with E-state index in [1.54, 1.807) is 26.2 Å². The van der Waals surface area contributed by atoms with Gasteiger partial charge in [-0.2, -0.15) is 0 Å². The Morgan fingerprint density at radius 2 is 2.19 bits per heavy atom. The van der Waals surface area contributed by atoms with Crippen LogP contribution in [0.4, 0.5) is 11.4 Å². The summed E-state index contributed by atoms with van der Waals surface area (Å²) in [5, 5.41) is 2.86. The third-order valence-corrected chi connectivity index (χ3v) is 3.71. The number of nitrogens with two attached hydrogens (primary N) is 1. The molecule has 2 rings (SSSR count). The number of piperazine rings is 1. The van der Waals surface area contributed by atoms with Crippen molar-refractivity contribution in [2.75, 3.05) is 37.8 Å². The molecule has 0 radical (unpaired) electrons. The molecule has 6 nitrogen and oxygen atoms in total. The van der Waals surface area contributed by atoms with E-state index in [1.165, 1.54) is 4.90 Å². The van der Waals surface area contributed by atoms with Crippen LogP contribution in [0.2, 0.25) is 0 Å². The molecule has 0 aromatic heterocycles. The van der Waals surface area contributed by atoms with Gasteiger partial charge in [-0.3, -0.25) is 9.59 Å². The Kier molecular flexibility index (Phi) is 4.35. The molecule has 1 fully saturated rings. The molecule has 1 saturated heterocycles. The van der Waals surface area contributed by atoms with Crippen molar-refractivity contribution >= 4 is 23.2 Å². The maximum absolute atomic E-state index is 11.9. The van der Waals surface area contributed by atoms with Crippen molar-refractivity contribution in [1.82, 2.24) is 10.2 Å². The minimum atomic E-state index is -0.212. The Morgan fingerprint density at radius 3 is 2.76 bits per heavy atom. The van der Waals surface area contributed by atoms with Crippen LogP contribution < -0.4 is 16.0 Å². The zero-order valence-electron chi connectivity index (χ0n) is 12.7. The first-order valence-electron chi connectivity index (χ1n) is 7.11. The van der Waals surface area contributed by atoms with Crippen molar-refractivity contribution in [3.63, 3.8) is 0 Å². The first kappa shape index (κ1) is 15.2. The van der Waals surface area contributed by atoms with Crippen LogP contribution in [0.1, 0.15) is 23.7 Å². The van der Waals surface area contributed by atoms with Crippen LogP contribution in [-0.2, 0) is 4.79 Å². The van der Waals surface area contributed by atoms with E-state index in [1.807, 2.05) is 17.9 Å². The summed E-state index contributed by atoms with van der Waals surface area (Å²) in [6, 6.07) is 5.05. The number of nitrogens with zero attached hydrogens (tertiary/aromatic N) is 2. The number of carbonyl (C=O) groups is 2. The molecule has 6 heteroatoms. The van der Waals surface area contributed by atoms with Gasteiger partial charge in [-0.05, 0) is 24.6 Å². The minimum absolute atomic E-state index is 0.0246. The predicted molar refractivity (Wildman–Crippen MR) is 83.3 cm³/mol. The maximum Gasteiger partial charge on any atom is 0.253 e. The zero-order valence-corrected chi connectivity index (χ0v) is 12.7. The molecule has 1 atom stereocenters. The Morgan fingerprint density at radius 1 is 1.48 bits per heavy atom. The van der Waals surface area contributed by atoms with Crippen molar-refractivity contribution in [3.8, 4) is 0 Å². The van der Waals surface area contributed by atoms with Gasteiger partial charge in [0, 0.05) is 32.7 Å². The molecule has 1 aromatic rings. The molecule has 1 aliphatic heterocycles. The van der Waals surface area contributed by atoms with Gasteiger partial charge >= 0.3 is 0 Å². The summed E-state index contributed by atoms with van der Waals surface area (Å²) in [6.07, 6.45) is 0.712. The fraction of sp³-hybridized carbons (Fsp3) is 0.467. The van der Waals surface area contributed by atoms with E-state index in [-0.39, 0.29) is 17.9 Å². The van der Waals surface area contributed by atoms with Gasteiger partial charge in [0.05, 0.1) is 11.4 Å². The lowest BCUT2D eigenvalue weighted by Gasteiger charge is -2.37. The number of carbonyl (C=O) groups excluding carboxylic acids is 2. The predicted octanol–water partition coefficient (Wildman–Crippen LogP) is 0.685. The SMILES string of the molecule is CCC1C(=O)NCCN1c1ccc(C(=O)N(C)C)cc1N. The summed E-state index contributed by atoms with van der Waals surface area (Å²) < 4.78 is 0. The van der Waals surface area contributed by atoms with E-state index in [0.29, 0.717) is 24.2 Å². The van der Waals surface area contributed by atoms with Crippen LogP contribution in [0.25, 0.3) is 0 Å². The molecule has 114 valence electrons. The highest BCUT2D eigenvalue weighted by molar-refractivity contribution is 5.96.